The summed E-state index contributed by atoms with van der Waals surface area (Å²) in [6.07, 6.45) is 3.66. The van der Waals surface area contributed by atoms with Crippen molar-refractivity contribution in [1.82, 2.24) is 10.2 Å². The number of rotatable bonds is 3. The maximum atomic E-state index is 3.94. The molecule has 18 heavy (non-hydrogen) atoms. The van der Waals surface area contributed by atoms with Crippen molar-refractivity contribution in [2.24, 2.45) is 0 Å². The Labute approximate surface area is 106 Å². The molecular weight excluding hydrogens is 222 g/mol. The summed E-state index contributed by atoms with van der Waals surface area (Å²) in [5, 5.41) is 12.8. The maximum absolute atomic E-state index is 3.94. The Kier molecular flexibility index (Phi) is 2.73. The Balaban J connectivity index is 1.98. The van der Waals surface area contributed by atoms with E-state index in [1.807, 2.05) is 6.20 Å². The Morgan fingerprint density at radius 2 is 1.94 bits per heavy atom. The largest absolute Gasteiger partial charge is 0.376 e. The van der Waals surface area contributed by atoms with E-state index in [2.05, 4.69) is 64.9 Å². The molecule has 1 heterocycles. The van der Waals surface area contributed by atoms with Crippen LogP contribution in [0.5, 0.6) is 0 Å². The number of nitrogens with one attached hydrogen (secondary N) is 2. The summed E-state index contributed by atoms with van der Waals surface area (Å²) in [6, 6.07) is 15.1. The first-order chi connectivity index (χ1) is 8.84. The molecule has 0 fully saturated rings. The number of anilines is 1. The number of H-pyrrole nitrogens is 1. The second-order valence-corrected chi connectivity index (χ2v) is 4.42. The van der Waals surface area contributed by atoms with Crippen molar-refractivity contribution in [2.75, 3.05) is 5.32 Å². The van der Waals surface area contributed by atoms with Crippen molar-refractivity contribution >= 4 is 16.5 Å². The van der Waals surface area contributed by atoms with Gasteiger partial charge in [-0.1, -0.05) is 42.5 Å². The zero-order valence-corrected chi connectivity index (χ0v) is 10.2. The highest BCUT2D eigenvalue weighted by Gasteiger charge is 2.09. The summed E-state index contributed by atoms with van der Waals surface area (Å²) in [5.74, 6) is 0. The van der Waals surface area contributed by atoms with Crippen molar-refractivity contribution < 1.29 is 0 Å². The zero-order valence-electron chi connectivity index (χ0n) is 10.2. The van der Waals surface area contributed by atoms with Crippen molar-refractivity contribution in [3.63, 3.8) is 0 Å². The summed E-state index contributed by atoms with van der Waals surface area (Å²) in [5.41, 5.74) is 2.31. The second kappa shape index (κ2) is 4.53. The van der Waals surface area contributed by atoms with Gasteiger partial charge in [0.15, 0.2) is 0 Å². The van der Waals surface area contributed by atoms with Gasteiger partial charge in [0.25, 0.3) is 0 Å². The fourth-order valence-electron chi connectivity index (χ4n) is 2.29. The monoisotopic (exact) mass is 237 g/mol. The lowest BCUT2D eigenvalue weighted by atomic mass is 10.00. The molecule has 0 aliphatic carbocycles. The van der Waals surface area contributed by atoms with E-state index in [4.69, 9.17) is 0 Å². The highest BCUT2D eigenvalue weighted by atomic mass is 15.1. The van der Waals surface area contributed by atoms with Gasteiger partial charge in [-0.2, -0.15) is 5.10 Å². The van der Waals surface area contributed by atoms with E-state index < -0.39 is 0 Å². The normalized spacial score (nSPS) is 12.5. The first kappa shape index (κ1) is 10.8. The lowest BCUT2D eigenvalue weighted by Crippen LogP contribution is -2.06. The Bertz CT molecular complexity index is 638. The second-order valence-electron chi connectivity index (χ2n) is 4.42. The van der Waals surface area contributed by atoms with Crippen LogP contribution in [-0.2, 0) is 0 Å². The van der Waals surface area contributed by atoms with Crippen molar-refractivity contribution in [3.05, 3.63) is 60.4 Å². The summed E-state index contributed by atoms with van der Waals surface area (Å²) >= 11 is 0. The molecule has 3 aromatic rings. The highest BCUT2D eigenvalue weighted by Crippen LogP contribution is 2.26. The lowest BCUT2D eigenvalue weighted by Gasteiger charge is -2.16. The third-order valence-corrected chi connectivity index (χ3v) is 3.17. The van der Waals surface area contributed by atoms with Crippen molar-refractivity contribution in [1.29, 1.82) is 0 Å². The van der Waals surface area contributed by atoms with Crippen LogP contribution >= 0.6 is 0 Å². The number of hydrogen-bond donors (Lipinski definition) is 2. The molecule has 0 saturated carbocycles. The first-order valence-corrected chi connectivity index (χ1v) is 6.07. The Morgan fingerprint density at radius 3 is 2.78 bits per heavy atom. The molecule has 90 valence electrons. The number of hydrogen-bond acceptors (Lipinski definition) is 2. The molecule has 1 atom stereocenters. The Morgan fingerprint density at radius 1 is 1.11 bits per heavy atom. The molecule has 0 amide bonds. The van der Waals surface area contributed by atoms with Gasteiger partial charge in [0.05, 0.1) is 11.9 Å². The average Bonchev–Trinajstić information content (AvgIpc) is 2.91. The van der Waals surface area contributed by atoms with E-state index in [0.29, 0.717) is 0 Å². The molecule has 3 rings (SSSR count). The van der Waals surface area contributed by atoms with E-state index in [0.717, 1.165) is 5.69 Å². The number of fused-ring (bicyclic) bond motifs is 1. The molecule has 1 aromatic heterocycles. The van der Waals surface area contributed by atoms with E-state index in [-0.39, 0.29) is 6.04 Å². The van der Waals surface area contributed by atoms with Crippen LogP contribution in [-0.4, -0.2) is 10.2 Å². The minimum atomic E-state index is 0.244. The minimum Gasteiger partial charge on any atom is -0.376 e. The van der Waals surface area contributed by atoms with Gasteiger partial charge in [-0.05, 0) is 23.3 Å². The van der Waals surface area contributed by atoms with E-state index in [1.54, 1.807) is 6.20 Å². The molecule has 3 nitrogen and oxygen atoms in total. The van der Waals surface area contributed by atoms with Gasteiger partial charge in [-0.25, -0.2) is 0 Å². The van der Waals surface area contributed by atoms with Gasteiger partial charge < -0.3 is 5.32 Å². The number of nitrogens with zero attached hydrogens (tertiary/aromatic N) is 1. The molecule has 0 radical (unpaired) electrons. The minimum absolute atomic E-state index is 0.244. The summed E-state index contributed by atoms with van der Waals surface area (Å²) in [4.78, 5) is 0. The third-order valence-electron chi connectivity index (χ3n) is 3.17. The van der Waals surface area contributed by atoms with Crippen LogP contribution in [0.15, 0.2) is 54.9 Å². The molecule has 3 heteroatoms. The van der Waals surface area contributed by atoms with E-state index in [9.17, 15) is 0 Å². The summed E-state index contributed by atoms with van der Waals surface area (Å²) in [6.45, 7) is 2.16. The van der Waals surface area contributed by atoms with Crippen LogP contribution < -0.4 is 5.32 Å². The van der Waals surface area contributed by atoms with Gasteiger partial charge in [0.1, 0.15) is 0 Å². The fourth-order valence-corrected chi connectivity index (χ4v) is 2.29. The molecule has 0 saturated heterocycles. The standard InChI is InChI=1S/C15H15N3/c1-11(18-13-9-16-17-10-13)14-8-4-6-12-5-2-3-7-15(12)14/h2-11,18H,1H3,(H,16,17). The predicted molar refractivity (Wildman–Crippen MR) is 74.6 cm³/mol. The van der Waals surface area contributed by atoms with E-state index in [1.165, 1.54) is 16.3 Å². The third kappa shape index (κ3) is 1.95. The molecule has 1 unspecified atom stereocenters. The summed E-state index contributed by atoms with van der Waals surface area (Å²) in [7, 11) is 0. The number of aromatic nitrogens is 2. The molecule has 0 bridgehead atoms. The predicted octanol–water partition coefficient (Wildman–Crippen LogP) is 3.74. The van der Waals surface area contributed by atoms with Gasteiger partial charge >= 0.3 is 0 Å². The summed E-state index contributed by atoms with van der Waals surface area (Å²) < 4.78 is 0. The van der Waals surface area contributed by atoms with Crippen molar-refractivity contribution in [2.45, 2.75) is 13.0 Å². The van der Waals surface area contributed by atoms with Gasteiger partial charge in [0.2, 0.25) is 0 Å². The molecule has 2 N–H and O–H groups in total. The number of aromatic amines is 1. The van der Waals surface area contributed by atoms with Gasteiger partial charge in [0, 0.05) is 12.2 Å². The van der Waals surface area contributed by atoms with Crippen LogP contribution in [0.3, 0.4) is 0 Å². The average molecular weight is 237 g/mol. The topological polar surface area (TPSA) is 40.7 Å². The zero-order chi connectivity index (χ0) is 12.4. The lowest BCUT2D eigenvalue weighted by molar-refractivity contribution is 0.895. The van der Waals surface area contributed by atoms with Gasteiger partial charge in [-0.3, -0.25) is 5.10 Å². The quantitative estimate of drug-likeness (QED) is 0.728. The first-order valence-electron chi connectivity index (χ1n) is 6.07. The molecule has 0 aliphatic rings. The molecular formula is C15H15N3. The fraction of sp³-hybridized carbons (Fsp3) is 0.133. The van der Waals surface area contributed by atoms with Crippen LogP contribution in [0.2, 0.25) is 0 Å². The van der Waals surface area contributed by atoms with Gasteiger partial charge in [-0.15, -0.1) is 0 Å². The van der Waals surface area contributed by atoms with Crippen molar-refractivity contribution in [3.8, 4) is 0 Å². The Hall–Kier alpha value is -2.29. The van der Waals surface area contributed by atoms with Crippen LogP contribution in [0.4, 0.5) is 5.69 Å². The molecule has 2 aromatic carbocycles. The molecule has 0 aliphatic heterocycles. The van der Waals surface area contributed by atoms with Crippen LogP contribution in [0.25, 0.3) is 10.8 Å². The van der Waals surface area contributed by atoms with Crippen LogP contribution in [0.1, 0.15) is 18.5 Å². The SMILES string of the molecule is CC(Nc1cn[nH]c1)c1cccc2ccccc12. The van der Waals surface area contributed by atoms with E-state index >= 15 is 0 Å². The molecule has 0 spiro atoms. The number of benzene rings is 2. The smallest absolute Gasteiger partial charge is 0.0728 e. The maximum Gasteiger partial charge on any atom is 0.0728 e. The van der Waals surface area contributed by atoms with Crippen LogP contribution in [0, 0.1) is 0 Å². The highest BCUT2D eigenvalue weighted by molar-refractivity contribution is 5.86.